The molecule has 2 aliphatic rings. The van der Waals surface area contributed by atoms with E-state index >= 15 is 0 Å². The maximum Gasteiger partial charge on any atom is 0.454 e. The van der Waals surface area contributed by atoms with Crippen LogP contribution >= 0.6 is 0 Å². The Morgan fingerprint density at radius 1 is 1.30 bits per heavy atom. The van der Waals surface area contributed by atoms with Crippen molar-refractivity contribution in [2.75, 3.05) is 27.4 Å². The van der Waals surface area contributed by atoms with Gasteiger partial charge in [0.25, 0.3) is 0 Å². The summed E-state index contributed by atoms with van der Waals surface area (Å²) in [5.74, 6) is 1.71. The van der Waals surface area contributed by atoms with Gasteiger partial charge in [-0.1, -0.05) is 6.07 Å². The largest absolute Gasteiger partial charge is 0.493 e. The van der Waals surface area contributed by atoms with Gasteiger partial charge in [0.15, 0.2) is 11.5 Å². The molecule has 0 spiro atoms. The monoisotopic (exact) mass is 369 g/mol. The lowest BCUT2D eigenvalue weighted by Crippen LogP contribution is -2.27. The van der Waals surface area contributed by atoms with Crippen LogP contribution in [0.3, 0.4) is 0 Å². The molecule has 1 fully saturated rings. The van der Waals surface area contributed by atoms with E-state index in [1.165, 1.54) is 0 Å². The predicted molar refractivity (Wildman–Crippen MR) is 102 cm³/mol. The standard InChI is InChI=1S/C20H24BNO5/c1-24-12-16-3-4-18-17(5-6-19(25-2)20(18)27-16)14-7-13(9-22-10-14)15-8-21(23)26-11-15/h5-7,9-10,15-16,23H,3-4,8,11-12H2,1-2H3. The second-order valence-electron chi connectivity index (χ2n) is 7.08. The van der Waals surface area contributed by atoms with Crippen molar-refractivity contribution < 1.29 is 23.9 Å². The van der Waals surface area contributed by atoms with E-state index in [9.17, 15) is 5.02 Å². The van der Waals surface area contributed by atoms with Crippen LogP contribution in [-0.4, -0.2) is 50.7 Å². The van der Waals surface area contributed by atoms with Crippen LogP contribution in [0.25, 0.3) is 11.1 Å². The zero-order chi connectivity index (χ0) is 18.8. The van der Waals surface area contributed by atoms with Crippen LogP contribution in [0.4, 0.5) is 0 Å². The highest BCUT2D eigenvalue weighted by Gasteiger charge is 2.30. The number of hydrogen-bond donors (Lipinski definition) is 1. The smallest absolute Gasteiger partial charge is 0.454 e. The van der Waals surface area contributed by atoms with Crippen molar-refractivity contribution in [1.82, 2.24) is 4.98 Å². The van der Waals surface area contributed by atoms with Crippen molar-refractivity contribution in [3.05, 3.63) is 41.7 Å². The summed E-state index contributed by atoms with van der Waals surface area (Å²) in [7, 11) is 2.66. The van der Waals surface area contributed by atoms with Gasteiger partial charge >= 0.3 is 7.12 Å². The molecule has 3 heterocycles. The third-order valence-electron chi connectivity index (χ3n) is 5.32. The molecular formula is C20H24BNO5. The number of pyridine rings is 1. The summed E-state index contributed by atoms with van der Waals surface area (Å²) in [6.07, 6.45) is 6.17. The number of fused-ring (bicyclic) bond motifs is 1. The van der Waals surface area contributed by atoms with E-state index in [-0.39, 0.29) is 12.0 Å². The van der Waals surface area contributed by atoms with Crippen molar-refractivity contribution in [2.24, 2.45) is 0 Å². The summed E-state index contributed by atoms with van der Waals surface area (Å²) in [6, 6.07) is 6.15. The maximum atomic E-state index is 9.65. The van der Waals surface area contributed by atoms with Gasteiger partial charge in [-0.25, -0.2) is 0 Å². The van der Waals surface area contributed by atoms with Crippen molar-refractivity contribution in [1.29, 1.82) is 0 Å². The zero-order valence-electron chi connectivity index (χ0n) is 15.7. The van der Waals surface area contributed by atoms with Gasteiger partial charge < -0.3 is 23.9 Å². The maximum absolute atomic E-state index is 9.65. The van der Waals surface area contributed by atoms with Gasteiger partial charge in [-0.2, -0.15) is 0 Å². The Hall–Kier alpha value is -2.09. The molecule has 2 aliphatic heterocycles. The van der Waals surface area contributed by atoms with E-state index in [0.29, 0.717) is 19.5 Å². The molecule has 27 heavy (non-hydrogen) atoms. The normalized spacial score (nSPS) is 21.7. The molecule has 7 heteroatoms. The highest BCUT2D eigenvalue weighted by atomic mass is 16.5. The summed E-state index contributed by atoms with van der Waals surface area (Å²) < 4.78 is 22.3. The first-order valence-electron chi connectivity index (χ1n) is 9.30. The van der Waals surface area contributed by atoms with Crippen molar-refractivity contribution in [3.63, 3.8) is 0 Å². The summed E-state index contributed by atoms with van der Waals surface area (Å²) in [5.41, 5.74) is 4.38. The Morgan fingerprint density at radius 3 is 2.93 bits per heavy atom. The Kier molecular flexibility index (Phi) is 5.34. The number of aromatic nitrogens is 1. The SMILES string of the molecule is COCC1CCc2c(-c3cncc(C4COB(O)C4)c3)ccc(OC)c2O1. The van der Waals surface area contributed by atoms with Gasteiger partial charge in [0.2, 0.25) is 0 Å². The minimum atomic E-state index is -0.682. The average Bonchev–Trinajstić information content (AvgIpc) is 3.14. The second-order valence-corrected chi connectivity index (χ2v) is 7.08. The second kappa shape index (κ2) is 7.88. The topological polar surface area (TPSA) is 70.0 Å². The predicted octanol–water partition coefficient (Wildman–Crippen LogP) is 2.69. The van der Waals surface area contributed by atoms with Crippen LogP contribution < -0.4 is 9.47 Å². The number of ether oxygens (including phenoxy) is 3. The van der Waals surface area contributed by atoms with Crippen LogP contribution in [0.2, 0.25) is 6.32 Å². The lowest BCUT2D eigenvalue weighted by atomic mass is 9.79. The number of hydrogen-bond acceptors (Lipinski definition) is 6. The van der Waals surface area contributed by atoms with Gasteiger partial charge in [0.1, 0.15) is 6.10 Å². The van der Waals surface area contributed by atoms with Crippen LogP contribution in [0.5, 0.6) is 11.5 Å². The lowest BCUT2D eigenvalue weighted by molar-refractivity contribution is 0.0656. The number of rotatable bonds is 5. The van der Waals surface area contributed by atoms with E-state index in [1.54, 1.807) is 14.2 Å². The molecule has 4 rings (SSSR count). The minimum absolute atomic E-state index is 0.0354. The Balaban J connectivity index is 1.70. The average molecular weight is 369 g/mol. The molecule has 0 amide bonds. The number of benzene rings is 1. The molecule has 0 aliphatic carbocycles. The molecule has 2 aromatic rings. The van der Waals surface area contributed by atoms with Crippen LogP contribution in [0.1, 0.15) is 23.5 Å². The first-order valence-corrected chi connectivity index (χ1v) is 9.30. The van der Waals surface area contributed by atoms with Gasteiger partial charge in [0.05, 0.1) is 13.7 Å². The summed E-state index contributed by atoms with van der Waals surface area (Å²) >= 11 is 0. The molecular weight excluding hydrogens is 345 g/mol. The highest BCUT2D eigenvalue weighted by Crippen LogP contribution is 2.43. The van der Waals surface area contributed by atoms with E-state index in [1.807, 2.05) is 18.5 Å². The minimum Gasteiger partial charge on any atom is -0.493 e. The van der Waals surface area contributed by atoms with Gasteiger partial charge in [-0.15, -0.1) is 0 Å². The Morgan fingerprint density at radius 2 is 2.19 bits per heavy atom. The van der Waals surface area contributed by atoms with Crippen molar-refractivity contribution in [3.8, 4) is 22.6 Å². The number of methoxy groups -OCH3 is 2. The van der Waals surface area contributed by atoms with Crippen LogP contribution in [0.15, 0.2) is 30.6 Å². The van der Waals surface area contributed by atoms with Gasteiger partial charge in [0, 0.05) is 43.2 Å². The third-order valence-corrected chi connectivity index (χ3v) is 5.32. The van der Waals surface area contributed by atoms with Crippen LogP contribution in [0, 0.1) is 0 Å². The molecule has 1 saturated heterocycles. The summed E-state index contributed by atoms with van der Waals surface area (Å²) in [6.45, 7) is 1.09. The molecule has 1 N–H and O–H groups in total. The fraction of sp³-hybridized carbons (Fsp3) is 0.450. The summed E-state index contributed by atoms with van der Waals surface area (Å²) in [4.78, 5) is 4.44. The zero-order valence-corrected chi connectivity index (χ0v) is 15.7. The quantitative estimate of drug-likeness (QED) is 0.818. The summed E-state index contributed by atoms with van der Waals surface area (Å²) in [5, 5.41) is 9.65. The molecule has 0 saturated carbocycles. The van der Waals surface area contributed by atoms with Crippen LogP contribution in [-0.2, 0) is 15.8 Å². The van der Waals surface area contributed by atoms with E-state index < -0.39 is 7.12 Å². The van der Waals surface area contributed by atoms with Gasteiger partial charge in [-0.05, 0) is 42.4 Å². The van der Waals surface area contributed by atoms with Gasteiger partial charge in [-0.3, -0.25) is 4.98 Å². The first-order chi connectivity index (χ1) is 13.2. The van der Waals surface area contributed by atoms with E-state index in [4.69, 9.17) is 18.9 Å². The molecule has 2 atom stereocenters. The Labute approximate surface area is 159 Å². The number of nitrogens with zero attached hydrogens (tertiary/aromatic N) is 1. The lowest BCUT2D eigenvalue weighted by Gasteiger charge is -2.28. The molecule has 142 valence electrons. The molecule has 0 bridgehead atoms. The molecule has 1 aromatic carbocycles. The van der Waals surface area contributed by atoms with Crippen molar-refractivity contribution >= 4 is 7.12 Å². The third kappa shape index (κ3) is 3.67. The molecule has 6 nitrogen and oxygen atoms in total. The van der Waals surface area contributed by atoms with E-state index in [0.717, 1.165) is 46.6 Å². The molecule has 2 unspecified atom stereocenters. The fourth-order valence-corrected chi connectivity index (χ4v) is 3.92. The molecule has 1 aromatic heterocycles. The molecule has 0 radical (unpaired) electrons. The first kappa shape index (κ1) is 18.3. The Bertz CT molecular complexity index is 815. The van der Waals surface area contributed by atoms with Crippen molar-refractivity contribution in [2.45, 2.75) is 31.2 Å². The fourth-order valence-electron chi connectivity index (χ4n) is 3.92. The van der Waals surface area contributed by atoms with E-state index in [2.05, 4.69) is 17.1 Å². The highest BCUT2D eigenvalue weighted by molar-refractivity contribution is 6.43.